The molecule has 1 atom stereocenters. The highest BCUT2D eigenvalue weighted by Crippen LogP contribution is 2.21. The zero-order valence-electron chi connectivity index (χ0n) is 15.2. The van der Waals surface area contributed by atoms with Gasteiger partial charge in [0.2, 0.25) is 0 Å². The van der Waals surface area contributed by atoms with Crippen LogP contribution in [0.15, 0.2) is 63.8 Å². The van der Waals surface area contributed by atoms with Crippen LogP contribution in [0.4, 0.5) is 0 Å². The fourth-order valence-corrected chi connectivity index (χ4v) is 2.94. The number of benzene rings is 2. The van der Waals surface area contributed by atoms with E-state index in [0.29, 0.717) is 16.4 Å². The van der Waals surface area contributed by atoms with Crippen molar-refractivity contribution in [1.29, 1.82) is 0 Å². The predicted molar refractivity (Wildman–Crippen MR) is 105 cm³/mol. The molecule has 0 aliphatic carbocycles. The Bertz CT molecular complexity index is 1080. The van der Waals surface area contributed by atoms with Crippen LogP contribution in [0.25, 0.3) is 11.0 Å². The van der Waals surface area contributed by atoms with Crippen molar-refractivity contribution < 1.29 is 23.8 Å². The first kappa shape index (κ1) is 20.4. The van der Waals surface area contributed by atoms with E-state index in [4.69, 9.17) is 20.8 Å². The molecule has 1 heterocycles. The van der Waals surface area contributed by atoms with Crippen molar-refractivity contribution in [2.24, 2.45) is 0 Å². The second-order valence-electron chi connectivity index (χ2n) is 6.37. The average Bonchev–Trinajstić information content (AvgIpc) is 2.69. The van der Waals surface area contributed by atoms with E-state index in [-0.39, 0.29) is 19.6 Å². The number of carbonyl (C=O) groups is 2. The lowest BCUT2D eigenvalue weighted by atomic mass is 9.95. The Labute approximate surface area is 170 Å². The largest absolute Gasteiger partial charge is 0.550 e. The Morgan fingerprint density at radius 1 is 1.10 bits per heavy atom. The van der Waals surface area contributed by atoms with Gasteiger partial charge in [-0.2, -0.15) is 0 Å². The highest BCUT2D eigenvalue weighted by molar-refractivity contribution is 6.30. The molecule has 0 radical (unpaired) electrons. The maximum Gasteiger partial charge on any atom is 0.336 e. The first-order valence-electron chi connectivity index (χ1n) is 8.79. The molecule has 3 rings (SSSR count). The maximum atomic E-state index is 12.1. The summed E-state index contributed by atoms with van der Waals surface area (Å²) < 4.78 is 10.5. The van der Waals surface area contributed by atoms with Crippen LogP contribution in [0.1, 0.15) is 17.9 Å². The molecule has 0 aliphatic rings. The molecule has 0 bridgehead atoms. The molecule has 1 amide bonds. The number of carboxylic acid groups (broad SMARTS) is 1. The van der Waals surface area contributed by atoms with E-state index in [0.717, 1.165) is 10.9 Å². The van der Waals surface area contributed by atoms with E-state index in [9.17, 15) is 19.5 Å². The minimum atomic E-state index is -1.21. The van der Waals surface area contributed by atoms with Crippen molar-refractivity contribution in [2.45, 2.75) is 12.3 Å². The van der Waals surface area contributed by atoms with Gasteiger partial charge in [-0.15, -0.1) is 0 Å². The van der Waals surface area contributed by atoms with E-state index in [1.807, 2.05) is 0 Å². The van der Waals surface area contributed by atoms with Gasteiger partial charge in [0.1, 0.15) is 11.3 Å². The van der Waals surface area contributed by atoms with Gasteiger partial charge in [-0.3, -0.25) is 4.79 Å². The molecule has 0 fully saturated rings. The average molecular weight is 415 g/mol. The minimum absolute atomic E-state index is 0.102. The second kappa shape index (κ2) is 9.25. The quantitative estimate of drug-likeness (QED) is 0.563. The number of carboxylic acids is 1. The van der Waals surface area contributed by atoms with Crippen LogP contribution in [-0.4, -0.2) is 25.0 Å². The Kier molecular flexibility index (Phi) is 6.51. The van der Waals surface area contributed by atoms with Crippen molar-refractivity contribution in [3.63, 3.8) is 0 Å². The topological polar surface area (TPSA) is 109 Å². The lowest BCUT2D eigenvalue weighted by Crippen LogP contribution is -2.35. The summed E-state index contributed by atoms with van der Waals surface area (Å²) in [6.45, 7) is -0.175. The van der Waals surface area contributed by atoms with Gasteiger partial charge < -0.3 is 24.4 Å². The normalized spacial score (nSPS) is 11.8. The van der Waals surface area contributed by atoms with Gasteiger partial charge in [-0.1, -0.05) is 23.7 Å². The molecule has 29 heavy (non-hydrogen) atoms. The standard InChI is InChI=1S/C21H18ClNO6/c22-16-5-1-13(2-6-16)15(9-20(25)26)11-23-19(24)12-28-17-7-3-14-4-8-21(27)29-18(14)10-17/h1-8,10,15H,9,11-12H2,(H,23,24)(H,25,26)/p-1/t15-/m0/s1. The Hall–Kier alpha value is -3.32. The summed E-state index contributed by atoms with van der Waals surface area (Å²) in [5.74, 6) is -1.73. The summed E-state index contributed by atoms with van der Waals surface area (Å²) >= 11 is 5.86. The second-order valence-corrected chi connectivity index (χ2v) is 6.81. The van der Waals surface area contributed by atoms with Crippen molar-refractivity contribution >= 4 is 34.4 Å². The third kappa shape index (κ3) is 5.83. The first-order chi connectivity index (χ1) is 13.9. The Morgan fingerprint density at radius 3 is 2.55 bits per heavy atom. The molecule has 1 N–H and O–H groups in total. The number of amides is 1. The molecule has 150 valence electrons. The van der Waals surface area contributed by atoms with Crippen LogP contribution in [-0.2, 0) is 9.59 Å². The lowest BCUT2D eigenvalue weighted by molar-refractivity contribution is -0.306. The van der Waals surface area contributed by atoms with E-state index in [1.165, 1.54) is 12.1 Å². The molecule has 0 saturated heterocycles. The molecule has 2 aromatic carbocycles. The molecule has 0 saturated carbocycles. The van der Waals surface area contributed by atoms with Crippen molar-refractivity contribution in [3.8, 4) is 5.75 Å². The molecule has 1 aromatic heterocycles. The van der Waals surface area contributed by atoms with E-state index < -0.39 is 23.4 Å². The number of nitrogens with one attached hydrogen (secondary N) is 1. The van der Waals surface area contributed by atoms with Gasteiger partial charge in [0, 0.05) is 41.0 Å². The third-order valence-electron chi connectivity index (χ3n) is 4.26. The summed E-state index contributed by atoms with van der Waals surface area (Å²) in [5, 5.41) is 15.0. The van der Waals surface area contributed by atoms with Crippen LogP contribution < -0.4 is 20.8 Å². The predicted octanol–water partition coefficient (Wildman–Crippen LogP) is 1.87. The van der Waals surface area contributed by atoms with Gasteiger partial charge in [0.15, 0.2) is 6.61 Å². The number of ether oxygens (including phenoxy) is 1. The van der Waals surface area contributed by atoms with Crippen molar-refractivity contribution in [1.82, 2.24) is 5.32 Å². The SMILES string of the molecule is O=C([O-])C[C@@H](CNC(=O)COc1ccc2ccc(=O)oc2c1)c1ccc(Cl)cc1. The minimum Gasteiger partial charge on any atom is -0.550 e. The van der Waals surface area contributed by atoms with E-state index in [1.54, 1.807) is 42.5 Å². The van der Waals surface area contributed by atoms with Gasteiger partial charge in [0.25, 0.3) is 5.91 Å². The summed E-state index contributed by atoms with van der Waals surface area (Å²) in [6.07, 6.45) is -0.244. The summed E-state index contributed by atoms with van der Waals surface area (Å²) in [6, 6.07) is 14.6. The summed E-state index contributed by atoms with van der Waals surface area (Å²) in [7, 11) is 0. The molecule has 0 aliphatic heterocycles. The monoisotopic (exact) mass is 414 g/mol. The Balaban J connectivity index is 1.58. The van der Waals surface area contributed by atoms with Crippen LogP contribution in [0.2, 0.25) is 5.02 Å². The molecule has 8 heteroatoms. The first-order valence-corrected chi connectivity index (χ1v) is 9.17. The summed E-state index contributed by atoms with van der Waals surface area (Å²) in [5.41, 5.74) is 0.602. The number of fused-ring (bicyclic) bond motifs is 1. The van der Waals surface area contributed by atoms with Gasteiger partial charge in [-0.25, -0.2) is 4.79 Å². The van der Waals surface area contributed by atoms with Gasteiger partial charge >= 0.3 is 5.63 Å². The molecule has 0 unspecified atom stereocenters. The number of hydrogen-bond acceptors (Lipinski definition) is 6. The van der Waals surface area contributed by atoms with Crippen LogP contribution >= 0.6 is 11.6 Å². The van der Waals surface area contributed by atoms with Crippen molar-refractivity contribution in [3.05, 3.63) is 75.6 Å². The zero-order chi connectivity index (χ0) is 20.8. The summed E-state index contributed by atoms with van der Waals surface area (Å²) in [4.78, 5) is 34.4. The van der Waals surface area contributed by atoms with Crippen LogP contribution in [0.5, 0.6) is 5.75 Å². The smallest absolute Gasteiger partial charge is 0.336 e. The molecular formula is C21H17ClNO6-. The molecule has 0 spiro atoms. The number of hydrogen-bond donors (Lipinski definition) is 1. The number of aliphatic carboxylic acids is 1. The van der Waals surface area contributed by atoms with Gasteiger partial charge in [-0.05, 0) is 42.3 Å². The van der Waals surface area contributed by atoms with Crippen molar-refractivity contribution in [2.75, 3.05) is 13.2 Å². The molecule has 3 aromatic rings. The third-order valence-corrected chi connectivity index (χ3v) is 4.52. The van der Waals surface area contributed by atoms with E-state index >= 15 is 0 Å². The zero-order valence-corrected chi connectivity index (χ0v) is 16.0. The van der Waals surface area contributed by atoms with Crippen LogP contribution in [0, 0.1) is 0 Å². The van der Waals surface area contributed by atoms with E-state index in [2.05, 4.69) is 5.32 Å². The number of rotatable bonds is 8. The Morgan fingerprint density at radius 2 is 1.83 bits per heavy atom. The van der Waals surface area contributed by atoms with Gasteiger partial charge in [0.05, 0.1) is 0 Å². The number of halogens is 1. The lowest BCUT2D eigenvalue weighted by Gasteiger charge is -2.19. The highest BCUT2D eigenvalue weighted by atomic mass is 35.5. The fraction of sp³-hybridized carbons (Fsp3) is 0.190. The van der Waals surface area contributed by atoms with Crippen LogP contribution in [0.3, 0.4) is 0 Å². The highest BCUT2D eigenvalue weighted by Gasteiger charge is 2.14. The maximum absolute atomic E-state index is 12.1. The fourth-order valence-electron chi connectivity index (χ4n) is 2.81. The number of carbonyl (C=O) groups excluding carboxylic acids is 2. The molecule has 7 nitrogen and oxygen atoms in total. The molecular weight excluding hydrogens is 398 g/mol.